The van der Waals surface area contributed by atoms with E-state index in [0.717, 1.165) is 26.2 Å². The molecule has 3 heteroatoms. The fourth-order valence-electron chi connectivity index (χ4n) is 5.07. The van der Waals surface area contributed by atoms with E-state index in [1.165, 1.54) is 47.7 Å². The molecule has 2 unspecified atom stereocenters. The SMILES string of the molecule is Cc1ccc(CN(CC2CCCO2)CC2(C)CCCc3ccccc32)c(Br)c1. The lowest BCUT2D eigenvalue weighted by atomic mass is 9.71. The van der Waals surface area contributed by atoms with Gasteiger partial charge in [0.15, 0.2) is 0 Å². The molecule has 0 N–H and O–H groups in total. The smallest absolute Gasteiger partial charge is 0.0702 e. The Bertz CT molecular complexity index is 814. The molecule has 0 saturated carbocycles. The number of aryl methyl sites for hydroxylation is 2. The fraction of sp³-hybridized carbons (Fsp3) is 0.520. The van der Waals surface area contributed by atoms with E-state index in [4.69, 9.17) is 4.74 Å². The zero-order valence-corrected chi connectivity index (χ0v) is 18.8. The maximum atomic E-state index is 6.01. The maximum absolute atomic E-state index is 6.01. The Labute approximate surface area is 178 Å². The van der Waals surface area contributed by atoms with E-state index in [-0.39, 0.29) is 5.41 Å². The van der Waals surface area contributed by atoms with Crippen LogP contribution in [0.15, 0.2) is 46.9 Å². The van der Waals surface area contributed by atoms with E-state index < -0.39 is 0 Å². The number of hydrogen-bond donors (Lipinski definition) is 0. The van der Waals surface area contributed by atoms with Crippen LogP contribution in [0.4, 0.5) is 0 Å². The van der Waals surface area contributed by atoms with E-state index in [1.54, 1.807) is 11.1 Å². The summed E-state index contributed by atoms with van der Waals surface area (Å²) in [5, 5.41) is 0. The third-order valence-corrected chi connectivity index (χ3v) is 7.24. The molecule has 4 rings (SSSR count). The number of rotatable bonds is 6. The molecular formula is C25H32BrNO. The second-order valence-corrected chi connectivity index (χ2v) is 9.83. The molecule has 0 bridgehead atoms. The first-order chi connectivity index (χ1) is 13.5. The molecule has 0 amide bonds. The van der Waals surface area contributed by atoms with Crippen molar-refractivity contribution < 1.29 is 4.74 Å². The van der Waals surface area contributed by atoms with Gasteiger partial charge >= 0.3 is 0 Å². The summed E-state index contributed by atoms with van der Waals surface area (Å²) in [4.78, 5) is 2.65. The van der Waals surface area contributed by atoms with Crippen LogP contribution in [-0.4, -0.2) is 30.7 Å². The number of hydrogen-bond acceptors (Lipinski definition) is 2. The quantitative estimate of drug-likeness (QED) is 0.542. The summed E-state index contributed by atoms with van der Waals surface area (Å²) in [5.41, 5.74) is 5.99. The standard InChI is InChI=1S/C25H32BrNO/c1-19-11-12-21(24(26)15-19)16-27(17-22-9-6-14-28-22)18-25(2)13-5-8-20-7-3-4-10-23(20)25/h3-4,7,10-12,15,22H,5-6,8-9,13-14,16-18H2,1-2H3. The Morgan fingerprint density at radius 1 is 1.18 bits per heavy atom. The van der Waals surface area contributed by atoms with Crippen LogP contribution >= 0.6 is 15.9 Å². The summed E-state index contributed by atoms with van der Waals surface area (Å²) in [7, 11) is 0. The average molecular weight is 442 g/mol. The maximum Gasteiger partial charge on any atom is 0.0702 e. The van der Waals surface area contributed by atoms with Gasteiger partial charge in [-0.05, 0) is 67.3 Å². The molecule has 1 heterocycles. The lowest BCUT2D eigenvalue weighted by molar-refractivity contribution is 0.0606. The number of ether oxygens (including phenoxy) is 1. The minimum Gasteiger partial charge on any atom is -0.377 e. The van der Waals surface area contributed by atoms with E-state index >= 15 is 0 Å². The molecule has 28 heavy (non-hydrogen) atoms. The number of halogens is 1. The van der Waals surface area contributed by atoms with Crippen molar-refractivity contribution in [1.82, 2.24) is 4.90 Å². The molecule has 2 nitrogen and oxygen atoms in total. The van der Waals surface area contributed by atoms with Crippen LogP contribution in [-0.2, 0) is 23.1 Å². The number of benzene rings is 2. The van der Waals surface area contributed by atoms with E-state index in [9.17, 15) is 0 Å². The molecule has 2 atom stereocenters. The first-order valence-corrected chi connectivity index (χ1v) is 11.5. The zero-order chi connectivity index (χ0) is 19.6. The molecule has 0 radical (unpaired) electrons. The fourth-order valence-corrected chi connectivity index (χ4v) is 5.69. The van der Waals surface area contributed by atoms with Gasteiger partial charge in [-0.3, -0.25) is 4.90 Å². The Morgan fingerprint density at radius 2 is 2.04 bits per heavy atom. The highest BCUT2D eigenvalue weighted by molar-refractivity contribution is 9.10. The van der Waals surface area contributed by atoms with Crippen molar-refractivity contribution in [3.8, 4) is 0 Å². The highest BCUT2D eigenvalue weighted by Crippen LogP contribution is 2.38. The predicted octanol–water partition coefficient (Wildman–Crippen LogP) is 6.03. The number of nitrogens with zero attached hydrogens (tertiary/aromatic N) is 1. The van der Waals surface area contributed by atoms with Crippen LogP contribution in [0.3, 0.4) is 0 Å². The summed E-state index contributed by atoms with van der Waals surface area (Å²) in [6.07, 6.45) is 6.55. The molecule has 1 saturated heterocycles. The molecule has 2 aromatic carbocycles. The van der Waals surface area contributed by atoms with E-state index in [1.807, 2.05) is 0 Å². The van der Waals surface area contributed by atoms with Gasteiger partial charge in [0.2, 0.25) is 0 Å². The topological polar surface area (TPSA) is 12.5 Å². The van der Waals surface area contributed by atoms with Crippen LogP contribution < -0.4 is 0 Å². The summed E-state index contributed by atoms with van der Waals surface area (Å²) in [6, 6.07) is 15.8. The minimum absolute atomic E-state index is 0.213. The largest absolute Gasteiger partial charge is 0.377 e. The normalized spacial score (nSPS) is 24.5. The first-order valence-electron chi connectivity index (χ1n) is 10.7. The molecule has 150 valence electrons. The van der Waals surface area contributed by atoms with Gasteiger partial charge in [0, 0.05) is 36.1 Å². The lowest BCUT2D eigenvalue weighted by Crippen LogP contribution is -2.43. The van der Waals surface area contributed by atoms with Gasteiger partial charge in [0.25, 0.3) is 0 Å². The zero-order valence-electron chi connectivity index (χ0n) is 17.2. The first kappa shape index (κ1) is 20.1. The third-order valence-electron chi connectivity index (χ3n) is 6.50. The minimum atomic E-state index is 0.213. The molecule has 1 aliphatic carbocycles. The van der Waals surface area contributed by atoms with Crippen molar-refractivity contribution >= 4 is 15.9 Å². The Kier molecular flexibility index (Phi) is 6.24. The molecule has 2 aromatic rings. The summed E-state index contributed by atoms with van der Waals surface area (Å²) >= 11 is 3.79. The monoisotopic (exact) mass is 441 g/mol. The number of fused-ring (bicyclic) bond motifs is 1. The van der Waals surface area contributed by atoms with Gasteiger partial charge in [0.05, 0.1) is 6.10 Å². The van der Waals surface area contributed by atoms with Gasteiger partial charge < -0.3 is 4.74 Å². The van der Waals surface area contributed by atoms with Gasteiger partial charge in [-0.1, -0.05) is 59.3 Å². The van der Waals surface area contributed by atoms with Crippen molar-refractivity contribution in [2.24, 2.45) is 0 Å². The second kappa shape index (κ2) is 8.69. The highest BCUT2D eigenvalue weighted by Gasteiger charge is 2.34. The van der Waals surface area contributed by atoms with Crippen molar-refractivity contribution in [2.45, 2.75) is 64.0 Å². The van der Waals surface area contributed by atoms with Crippen molar-refractivity contribution in [3.05, 3.63) is 69.2 Å². The van der Waals surface area contributed by atoms with E-state index in [0.29, 0.717) is 6.10 Å². The summed E-state index contributed by atoms with van der Waals surface area (Å²) in [6.45, 7) is 8.63. The second-order valence-electron chi connectivity index (χ2n) is 8.97. The molecular weight excluding hydrogens is 410 g/mol. The Morgan fingerprint density at radius 3 is 2.82 bits per heavy atom. The van der Waals surface area contributed by atoms with Gasteiger partial charge in [-0.15, -0.1) is 0 Å². The Balaban J connectivity index is 1.58. The average Bonchev–Trinajstić information content (AvgIpc) is 3.17. The van der Waals surface area contributed by atoms with Crippen LogP contribution in [0.5, 0.6) is 0 Å². The van der Waals surface area contributed by atoms with Crippen LogP contribution in [0.1, 0.15) is 54.9 Å². The van der Waals surface area contributed by atoms with Crippen molar-refractivity contribution in [2.75, 3.05) is 19.7 Å². The van der Waals surface area contributed by atoms with Crippen LogP contribution in [0, 0.1) is 6.92 Å². The Hall–Kier alpha value is -1.16. The predicted molar refractivity (Wildman–Crippen MR) is 120 cm³/mol. The van der Waals surface area contributed by atoms with Gasteiger partial charge in [0.1, 0.15) is 0 Å². The van der Waals surface area contributed by atoms with Gasteiger partial charge in [-0.25, -0.2) is 0 Å². The van der Waals surface area contributed by atoms with Crippen LogP contribution in [0.25, 0.3) is 0 Å². The highest BCUT2D eigenvalue weighted by atomic mass is 79.9. The summed E-state index contributed by atoms with van der Waals surface area (Å²) in [5.74, 6) is 0. The lowest BCUT2D eigenvalue weighted by Gasteiger charge is -2.41. The molecule has 1 aliphatic heterocycles. The van der Waals surface area contributed by atoms with Gasteiger partial charge in [-0.2, -0.15) is 0 Å². The molecule has 0 spiro atoms. The molecule has 2 aliphatic rings. The summed E-state index contributed by atoms with van der Waals surface area (Å²) < 4.78 is 7.23. The van der Waals surface area contributed by atoms with Crippen molar-refractivity contribution in [3.63, 3.8) is 0 Å². The molecule has 1 fully saturated rings. The third kappa shape index (κ3) is 4.53. The van der Waals surface area contributed by atoms with Crippen LogP contribution in [0.2, 0.25) is 0 Å². The van der Waals surface area contributed by atoms with E-state index in [2.05, 4.69) is 77.1 Å². The molecule has 0 aromatic heterocycles. The van der Waals surface area contributed by atoms with Crippen molar-refractivity contribution in [1.29, 1.82) is 0 Å².